The van der Waals surface area contributed by atoms with Crippen LogP contribution in [0.5, 0.6) is 0 Å². The van der Waals surface area contributed by atoms with E-state index in [1.54, 1.807) is 41.1 Å². The van der Waals surface area contributed by atoms with Gasteiger partial charge in [0.1, 0.15) is 6.04 Å². The average molecular weight is 533 g/mol. The minimum Gasteiger partial charge on any atom is -0.324 e. The van der Waals surface area contributed by atoms with Crippen molar-refractivity contribution in [3.05, 3.63) is 122 Å². The van der Waals surface area contributed by atoms with Crippen LogP contribution in [0.1, 0.15) is 22.7 Å². The van der Waals surface area contributed by atoms with Crippen LogP contribution in [0.2, 0.25) is 10.0 Å². The molecule has 3 aromatic carbocycles. The Morgan fingerprint density at radius 1 is 1.05 bits per heavy atom. The Bertz CT molecular complexity index is 1550. The second-order valence-corrected chi connectivity index (χ2v) is 8.96. The monoisotopic (exact) mass is 532 g/mol. The molecule has 0 aliphatic carbocycles. The number of halogens is 2. The molecule has 1 aliphatic rings. The van der Waals surface area contributed by atoms with Crippen LogP contribution < -0.4 is 10.6 Å². The van der Waals surface area contributed by atoms with E-state index in [1.165, 1.54) is 24.3 Å². The van der Waals surface area contributed by atoms with E-state index in [4.69, 9.17) is 23.2 Å². The maximum atomic E-state index is 12.5. The van der Waals surface area contributed by atoms with Gasteiger partial charge >= 0.3 is 0 Å². The SMILES string of the molecule is O=C(/C=C/c1cccc([N+](=O)[O-])c1)Nc1nc2n(n1)[C@@H](c1ccc(Cl)cc1)C=C(c1ccc(Cl)cc1)N2. The summed E-state index contributed by atoms with van der Waals surface area (Å²) in [6, 6.07) is 20.4. The number of anilines is 2. The minimum absolute atomic E-state index is 0.0608. The third kappa shape index (κ3) is 5.53. The first kappa shape index (κ1) is 24.2. The lowest BCUT2D eigenvalue weighted by molar-refractivity contribution is -0.384. The molecule has 37 heavy (non-hydrogen) atoms. The summed E-state index contributed by atoms with van der Waals surface area (Å²) >= 11 is 12.1. The quantitative estimate of drug-likeness (QED) is 0.173. The number of benzene rings is 3. The average Bonchev–Trinajstić information content (AvgIpc) is 3.30. The lowest BCUT2D eigenvalue weighted by Crippen LogP contribution is -2.20. The van der Waals surface area contributed by atoms with Crippen molar-refractivity contribution in [3.63, 3.8) is 0 Å². The molecule has 4 aromatic rings. The van der Waals surface area contributed by atoms with E-state index in [-0.39, 0.29) is 17.7 Å². The van der Waals surface area contributed by atoms with Gasteiger partial charge in [-0.2, -0.15) is 4.98 Å². The zero-order chi connectivity index (χ0) is 25.9. The summed E-state index contributed by atoms with van der Waals surface area (Å²) in [7, 11) is 0. The fourth-order valence-corrected chi connectivity index (χ4v) is 4.06. The van der Waals surface area contributed by atoms with Crippen molar-refractivity contribution in [1.82, 2.24) is 14.8 Å². The molecule has 5 rings (SSSR count). The van der Waals surface area contributed by atoms with Crippen LogP contribution in [-0.2, 0) is 4.79 Å². The minimum atomic E-state index is -0.493. The molecular weight excluding hydrogens is 515 g/mol. The van der Waals surface area contributed by atoms with Gasteiger partial charge in [0.2, 0.25) is 5.95 Å². The van der Waals surface area contributed by atoms with E-state index >= 15 is 0 Å². The van der Waals surface area contributed by atoms with Crippen molar-refractivity contribution >= 4 is 58.5 Å². The van der Waals surface area contributed by atoms with Gasteiger partial charge in [0.25, 0.3) is 17.5 Å². The number of nitrogens with one attached hydrogen (secondary N) is 2. The molecule has 0 fully saturated rings. The maximum Gasteiger partial charge on any atom is 0.270 e. The Kier molecular flexibility index (Phi) is 6.72. The molecule has 0 saturated carbocycles. The van der Waals surface area contributed by atoms with E-state index < -0.39 is 10.8 Å². The summed E-state index contributed by atoms with van der Waals surface area (Å²) in [5, 5.41) is 22.6. The molecule has 1 aromatic heterocycles. The summed E-state index contributed by atoms with van der Waals surface area (Å²) in [5.41, 5.74) is 3.09. The first-order valence-corrected chi connectivity index (χ1v) is 11.8. The van der Waals surface area contributed by atoms with E-state index in [2.05, 4.69) is 20.7 Å². The third-order valence-electron chi connectivity index (χ3n) is 5.58. The molecule has 9 nitrogen and oxygen atoms in total. The predicted octanol–water partition coefficient (Wildman–Crippen LogP) is 6.20. The second-order valence-electron chi connectivity index (χ2n) is 8.09. The molecule has 11 heteroatoms. The van der Waals surface area contributed by atoms with Crippen LogP contribution in [0.3, 0.4) is 0 Å². The van der Waals surface area contributed by atoms with Crippen LogP contribution >= 0.6 is 23.2 Å². The highest BCUT2D eigenvalue weighted by Gasteiger charge is 2.25. The molecular formula is C26H18Cl2N6O3. The van der Waals surface area contributed by atoms with Crippen LogP contribution in [-0.4, -0.2) is 25.6 Å². The summed E-state index contributed by atoms with van der Waals surface area (Å²) < 4.78 is 1.67. The van der Waals surface area contributed by atoms with E-state index in [1.807, 2.05) is 30.3 Å². The molecule has 2 heterocycles. The number of allylic oxidation sites excluding steroid dienone is 1. The smallest absolute Gasteiger partial charge is 0.270 e. The summed E-state index contributed by atoms with van der Waals surface area (Å²) in [5.74, 6) is 0.0506. The number of rotatable bonds is 6. The highest BCUT2D eigenvalue weighted by atomic mass is 35.5. The number of nitrogens with zero attached hydrogens (tertiary/aromatic N) is 4. The number of hydrogen-bond acceptors (Lipinski definition) is 6. The highest BCUT2D eigenvalue weighted by Crippen LogP contribution is 2.34. The summed E-state index contributed by atoms with van der Waals surface area (Å²) in [4.78, 5) is 27.5. The van der Waals surface area contributed by atoms with Crippen molar-refractivity contribution < 1.29 is 9.72 Å². The van der Waals surface area contributed by atoms with E-state index in [0.717, 1.165) is 16.8 Å². The number of non-ortho nitro benzene ring substituents is 1. The lowest BCUT2D eigenvalue weighted by Gasteiger charge is -2.24. The molecule has 0 spiro atoms. The zero-order valence-electron chi connectivity index (χ0n) is 19.0. The Labute approximate surface area is 221 Å². The van der Waals surface area contributed by atoms with Crippen molar-refractivity contribution in [2.75, 3.05) is 10.6 Å². The summed E-state index contributed by atoms with van der Waals surface area (Å²) in [6.07, 6.45) is 4.75. The van der Waals surface area contributed by atoms with Gasteiger partial charge in [0.05, 0.1) is 4.92 Å². The first-order valence-electron chi connectivity index (χ1n) is 11.1. The standard InChI is InChI=1S/C26H18Cl2N6O3/c27-19-9-5-17(6-10-19)22-15-23(18-7-11-20(28)12-8-18)33-26(29-22)31-25(32-33)30-24(35)13-4-16-2-1-3-21(14-16)34(36)37/h1-15,23H,(H2,29,30,31,32,35)/b13-4+/t23-/m1/s1. The van der Waals surface area contributed by atoms with Gasteiger partial charge in [-0.1, -0.05) is 59.6 Å². The molecule has 0 saturated heterocycles. The number of nitro groups is 1. The van der Waals surface area contributed by atoms with Crippen LogP contribution in [0.25, 0.3) is 11.8 Å². The largest absolute Gasteiger partial charge is 0.324 e. The van der Waals surface area contributed by atoms with Gasteiger partial charge in [-0.25, -0.2) is 4.68 Å². The molecule has 0 radical (unpaired) electrons. The molecule has 1 atom stereocenters. The number of amides is 1. The number of nitro benzene ring substituents is 1. The van der Waals surface area contributed by atoms with Gasteiger partial charge in [-0.05, 0) is 53.1 Å². The lowest BCUT2D eigenvalue weighted by atomic mass is 10.0. The Morgan fingerprint density at radius 2 is 1.76 bits per heavy atom. The number of fused-ring (bicyclic) bond motifs is 1. The van der Waals surface area contributed by atoms with Gasteiger partial charge < -0.3 is 5.32 Å². The maximum absolute atomic E-state index is 12.5. The van der Waals surface area contributed by atoms with Crippen molar-refractivity contribution in [2.24, 2.45) is 0 Å². The van der Waals surface area contributed by atoms with Crippen molar-refractivity contribution in [3.8, 4) is 0 Å². The number of carbonyl (C=O) groups excluding carboxylic acids is 1. The Hall–Kier alpha value is -4.47. The molecule has 184 valence electrons. The normalized spacial score (nSPS) is 14.5. The van der Waals surface area contributed by atoms with Gasteiger partial charge in [0.15, 0.2) is 0 Å². The Balaban J connectivity index is 1.41. The first-order chi connectivity index (χ1) is 17.9. The van der Waals surface area contributed by atoms with E-state index in [9.17, 15) is 14.9 Å². The number of hydrogen-bond donors (Lipinski definition) is 2. The predicted molar refractivity (Wildman–Crippen MR) is 143 cm³/mol. The van der Waals surface area contributed by atoms with Crippen molar-refractivity contribution in [2.45, 2.75) is 6.04 Å². The van der Waals surface area contributed by atoms with Gasteiger partial charge in [0, 0.05) is 34.0 Å². The number of carbonyl (C=O) groups is 1. The molecule has 1 aliphatic heterocycles. The Morgan fingerprint density at radius 3 is 2.46 bits per heavy atom. The fraction of sp³-hybridized carbons (Fsp3) is 0.0385. The van der Waals surface area contributed by atoms with Gasteiger partial charge in [-0.3, -0.25) is 20.2 Å². The highest BCUT2D eigenvalue weighted by molar-refractivity contribution is 6.30. The van der Waals surface area contributed by atoms with Crippen LogP contribution in [0, 0.1) is 10.1 Å². The zero-order valence-corrected chi connectivity index (χ0v) is 20.5. The van der Waals surface area contributed by atoms with Gasteiger partial charge in [-0.15, -0.1) is 5.10 Å². The molecule has 2 N–H and O–H groups in total. The molecule has 0 bridgehead atoms. The molecule has 1 amide bonds. The van der Waals surface area contributed by atoms with Crippen LogP contribution in [0.15, 0.2) is 84.9 Å². The second kappa shape index (κ2) is 10.3. The van der Waals surface area contributed by atoms with E-state index in [0.29, 0.717) is 21.6 Å². The fourth-order valence-electron chi connectivity index (χ4n) is 3.81. The number of aromatic nitrogens is 3. The topological polar surface area (TPSA) is 115 Å². The molecule has 0 unspecified atom stereocenters. The van der Waals surface area contributed by atoms with Crippen molar-refractivity contribution in [1.29, 1.82) is 0 Å². The third-order valence-corrected chi connectivity index (χ3v) is 6.08. The summed E-state index contributed by atoms with van der Waals surface area (Å²) in [6.45, 7) is 0. The van der Waals surface area contributed by atoms with Crippen LogP contribution in [0.4, 0.5) is 17.6 Å².